The molecule has 1 N–H and O–H groups in total. The van der Waals surface area contributed by atoms with Gasteiger partial charge in [-0.2, -0.15) is 5.10 Å². The van der Waals surface area contributed by atoms with Gasteiger partial charge >= 0.3 is 0 Å². The average molecular weight is 261 g/mol. The van der Waals surface area contributed by atoms with Gasteiger partial charge in [0.2, 0.25) is 0 Å². The molecule has 0 radical (unpaired) electrons. The highest BCUT2D eigenvalue weighted by atomic mass is 15.3. The summed E-state index contributed by atoms with van der Waals surface area (Å²) in [5.74, 6) is 0. The fourth-order valence-electron chi connectivity index (χ4n) is 2.05. The number of benzene rings is 2. The molecule has 2 aromatic carbocycles. The smallest absolute Gasteiger partial charge is 0.0955 e. The molecule has 3 nitrogen and oxygen atoms in total. The van der Waals surface area contributed by atoms with Crippen molar-refractivity contribution in [3.63, 3.8) is 0 Å². The Bertz CT molecular complexity index is 749. The van der Waals surface area contributed by atoms with E-state index in [9.17, 15) is 0 Å². The molecule has 3 aromatic rings. The molecule has 0 atom stereocenters. The Morgan fingerprint density at radius 2 is 1.80 bits per heavy atom. The molecular weight excluding hydrogens is 246 g/mol. The van der Waals surface area contributed by atoms with Gasteiger partial charge in [-0.1, -0.05) is 48.5 Å². The quantitative estimate of drug-likeness (QED) is 0.571. The zero-order valence-electron chi connectivity index (χ0n) is 11.2. The van der Waals surface area contributed by atoms with Crippen LogP contribution in [0.25, 0.3) is 10.9 Å². The molecule has 0 fully saturated rings. The van der Waals surface area contributed by atoms with Crippen LogP contribution in [-0.4, -0.2) is 11.2 Å². The van der Waals surface area contributed by atoms with Crippen molar-refractivity contribution < 1.29 is 0 Å². The van der Waals surface area contributed by atoms with Crippen molar-refractivity contribution in [1.82, 2.24) is 4.98 Å². The highest BCUT2D eigenvalue weighted by molar-refractivity contribution is 5.91. The van der Waals surface area contributed by atoms with Crippen molar-refractivity contribution in [2.24, 2.45) is 5.10 Å². The molecule has 0 amide bonds. The normalized spacial score (nSPS) is 11.1. The monoisotopic (exact) mass is 261 g/mol. The van der Waals surface area contributed by atoms with Crippen LogP contribution in [0.15, 0.2) is 65.8 Å². The number of hydrogen-bond donors (Lipinski definition) is 1. The molecule has 1 heterocycles. The molecule has 1 aromatic heterocycles. The van der Waals surface area contributed by atoms with Crippen molar-refractivity contribution in [1.29, 1.82) is 0 Å². The summed E-state index contributed by atoms with van der Waals surface area (Å²) in [6, 6.07) is 20.1. The van der Waals surface area contributed by atoms with E-state index in [4.69, 9.17) is 0 Å². The topological polar surface area (TPSA) is 37.3 Å². The first-order valence-electron chi connectivity index (χ1n) is 6.53. The van der Waals surface area contributed by atoms with Crippen LogP contribution in [0.3, 0.4) is 0 Å². The van der Waals surface area contributed by atoms with Crippen LogP contribution in [0.4, 0.5) is 5.69 Å². The first-order valence-corrected chi connectivity index (χ1v) is 6.53. The lowest BCUT2D eigenvalue weighted by Gasteiger charge is -2.05. The number of anilines is 1. The molecule has 98 valence electrons. The Hall–Kier alpha value is -2.68. The number of hydrazone groups is 1. The van der Waals surface area contributed by atoms with Gasteiger partial charge in [-0.05, 0) is 24.6 Å². The average Bonchev–Trinajstić information content (AvgIpc) is 2.49. The van der Waals surface area contributed by atoms with E-state index in [-0.39, 0.29) is 0 Å². The van der Waals surface area contributed by atoms with Gasteiger partial charge in [0.05, 0.1) is 17.4 Å². The van der Waals surface area contributed by atoms with Crippen LogP contribution in [0, 0.1) is 6.92 Å². The van der Waals surface area contributed by atoms with Gasteiger partial charge in [0.1, 0.15) is 0 Å². The minimum atomic E-state index is 0.915. The highest BCUT2D eigenvalue weighted by Crippen LogP contribution is 2.21. The zero-order valence-corrected chi connectivity index (χ0v) is 11.2. The molecule has 0 bridgehead atoms. The van der Waals surface area contributed by atoms with Crippen molar-refractivity contribution in [2.75, 3.05) is 5.43 Å². The zero-order chi connectivity index (χ0) is 13.8. The summed E-state index contributed by atoms with van der Waals surface area (Å²) in [5.41, 5.74) is 6.99. The van der Waals surface area contributed by atoms with Gasteiger partial charge in [0, 0.05) is 11.1 Å². The molecule has 3 rings (SSSR count). The van der Waals surface area contributed by atoms with E-state index in [0.29, 0.717) is 0 Å². The molecule has 0 unspecified atom stereocenters. The third-order valence-corrected chi connectivity index (χ3v) is 3.06. The maximum Gasteiger partial charge on any atom is 0.0955 e. The number of rotatable bonds is 3. The molecule has 0 aliphatic carbocycles. The minimum absolute atomic E-state index is 0.915. The number of para-hydroxylation sites is 1. The maximum absolute atomic E-state index is 4.56. The molecule has 0 saturated heterocycles. The summed E-state index contributed by atoms with van der Waals surface area (Å²) in [6.45, 7) is 1.99. The maximum atomic E-state index is 4.56. The summed E-state index contributed by atoms with van der Waals surface area (Å²) in [6.07, 6.45) is 1.80. The van der Waals surface area contributed by atoms with E-state index in [0.717, 1.165) is 27.8 Å². The van der Waals surface area contributed by atoms with E-state index in [1.165, 1.54) is 0 Å². The lowest BCUT2D eigenvalue weighted by molar-refractivity contribution is 1.24. The number of nitrogens with one attached hydrogen (secondary N) is 1. The number of aryl methyl sites for hydroxylation is 1. The lowest BCUT2D eigenvalue weighted by Crippen LogP contribution is -1.93. The van der Waals surface area contributed by atoms with Crippen LogP contribution in [-0.2, 0) is 0 Å². The number of pyridine rings is 1. The standard InChI is InChI=1S/C17H15N3/c1-13-10-11-15-8-5-9-16(17(15)19-13)20-18-12-14-6-3-2-4-7-14/h2-12,20H,1H3/b18-12-. The third-order valence-electron chi connectivity index (χ3n) is 3.06. The number of aromatic nitrogens is 1. The molecule has 20 heavy (non-hydrogen) atoms. The summed E-state index contributed by atoms with van der Waals surface area (Å²) in [4.78, 5) is 4.56. The molecular formula is C17H15N3. The molecule has 3 heteroatoms. The SMILES string of the molecule is Cc1ccc2cccc(N/N=C\c3ccccc3)c2n1. The second-order valence-corrected chi connectivity index (χ2v) is 4.61. The van der Waals surface area contributed by atoms with E-state index >= 15 is 0 Å². The van der Waals surface area contributed by atoms with Crippen molar-refractivity contribution in [3.8, 4) is 0 Å². The Labute approximate surface area is 118 Å². The second-order valence-electron chi connectivity index (χ2n) is 4.61. The summed E-state index contributed by atoms with van der Waals surface area (Å²) in [5, 5.41) is 5.38. The van der Waals surface area contributed by atoms with Crippen LogP contribution in [0.5, 0.6) is 0 Å². The Morgan fingerprint density at radius 3 is 2.65 bits per heavy atom. The van der Waals surface area contributed by atoms with E-state index < -0.39 is 0 Å². The molecule has 0 aliphatic heterocycles. The highest BCUT2D eigenvalue weighted by Gasteiger charge is 2.01. The Morgan fingerprint density at radius 1 is 0.950 bits per heavy atom. The summed E-state index contributed by atoms with van der Waals surface area (Å²) >= 11 is 0. The number of hydrogen-bond acceptors (Lipinski definition) is 3. The van der Waals surface area contributed by atoms with Crippen molar-refractivity contribution >= 4 is 22.8 Å². The predicted molar refractivity (Wildman–Crippen MR) is 84.1 cm³/mol. The van der Waals surface area contributed by atoms with Gasteiger partial charge in [-0.25, -0.2) is 0 Å². The van der Waals surface area contributed by atoms with Gasteiger partial charge in [0.15, 0.2) is 0 Å². The van der Waals surface area contributed by atoms with E-state index in [1.54, 1.807) is 6.21 Å². The van der Waals surface area contributed by atoms with E-state index in [1.807, 2.05) is 61.5 Å². The van der Waals surface area contributed by atoms with Gasteiger partial charge < -0.3 is 0 Å². The third kappa shape index (κ3) is 2.67. The van der Waals surface area contributed by atoms with Crippen LogP contribution < -0.4 is 5.43 Å². The Balaban J connectivity index is 1.88. The Kier molecular flexibility index (Phi) is 3.42. The first kappa shape index (κ1) is 12.4. The lowest BCUT2D eigenvalue weighted by atomic mass is 10.2. The number of nitrogens with zero attached hydrogens (tertiary/aromatic N) is 2. The molecule has 0 spiro atoms. The fraction of sp³-hybridized carbons (Fsp3) is 0.0588. The minimum Gasteiger partial charge on any atom is -0.276 e. The fourth-order valence-corrected chi connectivity index (χ4v) is 2.05. The van der Waals surface area contributed by atoms with Crippen LogP contribution >= 0.6 is 0 Å². The van der Waals surface area contributed by atoms with Gasteiger partial charge in [0.25, 0.3) is 0 Å². The number of fused-ring (bicyclic) bond motifs is 1. The van der Waals surface area contributed by atoms with Gasteiger partial charge in [-0.15, -0.1) is 0 Å². The molecule has 0 aliphatic rings. The second kappa shape index (κ2) is 5.53. The summed E-state index contributed by atoms with van der Waals surface area (Å²) in [7, 11) is 0. The first-order chi connectivity index (χ1) is 9.83. The van der Waals surface area contributed by atoms with Gasteiger partial charge in [-0.3, -0.25) is 10.4 Å². The van der Waals surface area contributed by atoms with Crippen molar-refractivity contribution in [3.05, 3.63) is 71.9 Å². The predicted octanol–water partition coefficient (Wildman–Crippen LogP) is 3.99. The van der Waals surface area contributed by atoms with Crippen LogP contribution in [0.2, 0.25) is 0 Å². The van der Waals surface area contributed by atoms with Crippen molar-refractivity contribution in [2.45, 2.75) is 6.92 Å². The molecule has 0 saturated carbocycles. The van der Waals surface area contributed by atoms with E-state index in [2.05, 4.69) is 21.6 Å². The van der Waals surface area contributed by atoms with Crippen LogP contribution in [0.1, 0.15) is 11.3 Å². The largest absolute Gasteiger partial charge is 0.276 e. The summed E-state index contributed by atoms with van der Waals surface area (Å²) < 4.78 is 0.